The molecule has 0 aromatic rings. The first-order valence-corrected chi connectivity index (χ1v) is 11.6. The molecule has 4 rings (SSSR count). The van der Waals surface area contributed by atoms with Crippen molar-refractivity contribution >= 4 is 0 Å². The van der Waals surface area contributed by atoms with Crippen LogP contribution in [-0.4, -0.2) is 50.8 Å². The van der Waals surface area contributed by atoms with Crippen LogP contribution in [0.4, 0.5) is 0 Å². The third-order valence-corrected chi connectivity index (χ3v) is 7.38. The van der Waals surface area contributed by atoms with Crippen LogP contribution in [0.2, 0.25) is 0 Å². The zero-order chi connectivity index (χ0) is 20.1. The first-order valence-electron chi connectivity index (χ1n) is 11.6. The molecule has 0 bridgehead atoms. The molecule has 0 aromatic carbocycles. The lowest BCUT2D eigenvalue weighted by atomic mass is 9.77. The second-order valence-electron chi connectivity index (χ2n) is 9.37. The molecule has 2 saturated carbocycles. The smallest absolute Gasteiger partial charge is 0.107 e. The molecule has 2 saturated heterocycles. The van der Waals surface area contributed by atoms with Gasteiger partial charge < -0.3 is 23.7 Å². The second-order valence-corrected chi connectivity index (χ2v) is 9.37. The minimum absolute atomic E-state index is 0.229. The Balaban J connectivity index is 1.30. The average molecular weight is 407 g/mol. The minimum Gasteiger partial charge on any atom is -0.502 e. The van der Waals surface area contributed by atoms with Crippen LogP contribution in [-0.2, 0) is 23.7 Å². The number of ether oxygens (including phenoxy) is 5. The van der Waals surface area contributed by atoms with Crippen molar-refractivity contribution in [2.75, 3.05) is 26.4 Å². The van der Waals surface area contributed by atoms with Gasteiger partial charge in [0.1, 0.15) is 12.2 Å². The highest BCUT2D eigenvalue weighted by atomic mass is 16.6. The second kappa shape index (κ2) is 10.3. The summed E-state index contributed by atoms with van der Waals surface area (Å²) < 4.78 is 29.2. The molecule has 29 heavy (non-hydrogen) atoms. The summed E-state index contributed by atoms with van der Waals surface area (Å²) in [6.45, 7) is 10.6. The molecule has 164 valence electrons. The van der Waals surface area contributed by atoms with E-state index in [1.807, 2.05) is 0 Å². The molecule has 5 nitrogen and oxygen atoms in total. The zero-order valence-electron chi connectivity index (χ0n) is 17.7. The Morgan fingerprint density at radius 3 is 1.38 bits per heavy atom. The van der Waals surface area contributed by atoms with E-state index in [2.05, 4.69) is 13.2 Å². The van der Waals surface area contributed by atoms with Crippen LogP contribution in [0.25, 0.3) is 0 Å². The van der Waals surface area contributed by atoms with Crippen molar-refractivity contribution in [2.45, 2.75) is 75.8 Å². The standard InChI is InChI=1S/C24H38O5/c1-3-25-13-17-5-9-19(10-6-17)23(21-15-27-21)29-24(22-16-28-22)20-11-7-18(8-12-20)14-26-4-2/h3-4,17-24H,1-2,5-16H2. The Labute approximate surface area is 175 Å². The van der Waals surface area contributed by atoms with Crippen LogP contribution in [0.15, 0.2) is 25.7 Å². The molecular weight excluding hydrogens is 368 g/mol. The van der Waals surface area contributed by atoms with Gasteiger partial charge in [0.25, 0.3) is 0 Å². The fourth-order valence-electron chi connectivity index (χ4n) is 5.45. The maximum Gasteiger partial charge on any atom is 0.107 e. The molecule has 0 aromatic heterocycles. The van der Waals surface area contributed by atoms with Gasteiger partial charge in [-0.25, -0.2) is 0 Å². The molecule has 2 aliphatic heterocycles. The molecule has 0 amide bonds. The molecule has 0 N–H and O–H groups in total. The molecule has 4 fully saturated rings. The third kappa shape index (κ3) is 5.99. The summed E-state index contributed by atoms with van der Waals surface area (Å²) in [5, 5.41) is 0. The topological polar surface area (TPSA) is 52.8 Å². The minimum atomic E-state index is 0.229. The summed E-state index contributed by atoms with van der Waals surface area (Å²) >= 11 is 0. The summed E-state index contributed by atoms with van der Waals surface area (Å²) in [5.74, 6) is 2.50. The zero-order valence-corrected chi connectivity index (χ0v) is 17.7. The highest BCUT2D eigenvalue weighted by Gasteiger charge is 2.47. The maximum atomic E-state index is 6.87. The number of epoxide rings is 2. The molecule has 4 unspecified atom stereocenters. The summed E-state index contributed by atoms with van der Waals surface area (Å²) in [7, 11) is 0. The van der Waals surface area contributed by atoms with Crippen LogP contribution in [0.5, 0.6) is 0 Å². The quantitative estimate of drug-likeness (QED) is 0.353. The molecule has 0 spiro atoms. The van der Waals surface area contributed by atoms with Gasteiger partial charge in [-0.3, -0.25) is 0 Å². The van der Waals surface area contributed by atoms with Crippen molar-refractivity contribution in [2.24, 2.45) is 23.7 Å². The first-order chi connectivity index (χ1) is 14.3. The van der Waals surface area contributed by atoms with E-state index in [1.54, 1.807) is 12.5 Å². The third-order valence-electron chi connectivity index (χ3n) is 7.38. The van der Waals surface area contributed by atoms with E-state index < -0.39 is 0 Å². The molecule has 5 heteroatoms. The lowest BCUT2D eigenvalue weighted by molar-refractivity contribution is -0.105. The predicted octanol–water partition coefficient (Wildman–Crippen LogP) is 4.47. The number of rotatable bonds is 12. The fourth-order valence-corrected chi connectivity index (χ4v) is 5.45. The van der Waals surface area contributed by atoms with E-state index in [-0.39, 0.29) is 12.2 Å². The summed E-state index contributed by atoms with van der Waals surface area (Å²) in [5.41, 5.74) is 0. The molecular formula is C24H38O5. The Kier molecular flexibility index (Phi) is 7.54. The van der Waals surface area contributed by atoms with Gasteiger partial charge in [0.05, 0.1) is 51.2 Å². The molecule has 2 heterocycles. The van der Waals surface area contributed by atoms with Gasteiger partial charge in [-0.15, -0.1) is 0 Å². The van der Waals surface area contributed by atoms with Gasteiger partial charge in [-0.05, 0) is 75.0 Å². The summed E-state index contributed by atoms with van der Waals surface area (Å²) in [6, 6.07) is 0. The fraction of sp³-hybridized carbons (Fsp3) is 0.833. The van der Waals surface area contributed by atoms with Gasteiger partial charge >= 0.3 is 0 Å². The summed E-state index contributed by atoms with van der Waals surface area (Å²) in [6.07, 6.45) is 13.8. The molecule has 4 atom stereocenters. The van der Waals surface area contributed by atoms with E-state index >= 15 is 0 Å². The lowest BCUT2D eigenvalue weighted by Crippen LogP contribution is -2.42. The molecule has 4 aliphatic rings. The average Bonchev–Trinajstić information content (AvgIpc) is 3.66. The largest absolute Gasteiger partial charge is 0.502 e. The molecule has 0 radical (unpaired) electrons. The number of hydrogen-bond acceptors (Lipinski definition) is 5. The van der Waals surface area contributed by atoms with E-state index in [9.17, 15) is 0 Å². The number of hydrogen-bond donors (Lipinski definition) is 0. The SMILES string of the molecule is C=COCC1CCC(C(OC(C2CCC(COC=C)CC2)C2CO2)C2CO2)CC1. The van der Waals surface area contributed by atoms with Crippen molar-refractivity contribution in [1.82, 2.24) is 0 Å². The van der Waals surface area contributed by atoms with Crippen LogP contribution in [0.1, 0.15) is 51.4 Å². The Bertz CT molecular complexity index is 467. The van der Waals surface area contributed by atoms with Crippen LogP contribution >= 0.6 is 0 Å². The maximum absolute atomic E-state index is 6.87. The first kappa shape index (κ1) is 21.2. The van der Waals surface area contributed by atoms with Gasteiger partial charge in [0, 0.05) is 0 Å². The van der Waals surface area contributed by atoms with Gasteiger partial charge in [0.15, 0.2) is 0 Å². The van der Waals surface area contributed by atoms with E-state index in [0.29, 0.717) is 35.9 Å². The highest BCUT2D eigenvalue weighted by Crippen LogP contribution is 2.41. The van der Waals surface area contributed by atoms with Crippen molar-refractivity contribution in [3.63, 3.8) is 0 Å². The van der Waals surface area contributed by atoms with Crippen molar-refractivity contribution < 1.29 is 23.7 Å². The molecule has 2 aliphatic carbocycles. The van der Waals surface area contributed by atoms with E-state index in [0.717, 1.165) is 26.4 Å². The van der Waals surface area contributed by atoms with Crippen LogP contribution in [0.3, 0.4) is 0 Å². The Morgan fingerprint density at radius 1 is 0.690 bits per heavy atom. The predicted molar refractivity (Wildman–Crippen MR) is 111 cm³/mol. The Morgan fingerprint density at radius 2 is 1.07 bits per heavy atom. The van der Waals surface area contributed by atoms with Gasteiger partial charge in [-0.2, -0.15) is 0 Å². The van der Waals surface area contributed by atoms with Crippen molar-refractivity contribution in [1.29, 1.82) is 0 Å². The van der Waals surface area contributed by atoms with E-state index in [1.165, 1.54) is 51.4 Å². The lowest BCUT2D eigenvalue weighted by Gasteiger charge is -2.38. The van der Waals surface area contributed by atoms with Crippen molar-refractivity contribution in [3.8, 4) is 0 Å². The van der Waals surface area contributed by atoms with Crippen LogP contribution in [0, 0.1) is 23.7 Å². The van der Waals surface area contributed by atoms with Crippen LogP contribution < -0.4 is 0 Å². The Hall–Kier alpha value is -1.04. The summed E-state index contributed by atoms with van der Waals surface area (Å²) in [4.78, 5) is 0. The van der Waals surface area contributed by atoms with E-state index in [4.69, 9.17) is 23.7 Å². The van der Waals surface area contributed by atoms with Gasteiger partial charge in [0.2, 0.25) is 0 Å². The van der Waals surface area contributed by atoms with Crippen molar-refractivity contribution in [3.05, 3.63) is 25.7 Å². The highest BCUT2D eigenvalue weighted by molar-refractivity contribution is 4.94. The van der Waals surface area contributed by atoms with Gasteiger partial charge in [-0.1, -0.05) is 13.2 Å². The normalized spacial score (nSPS) is 38.5. The monoisotopic (exact) mass is 406 g/mol.